The van der Waals surface area contributed by atoms with Crippen LogP contribution < -0.4 is 5.32 Å². The Morgan fingerprint density at radius 3 is 2.60 bits per heavy atom. The van der Waals surface area contributed by atoms with Gasteiger partial charge in [-0.3, -0.25) is 4.68 Å². The maximum Gasteiger partial charge on any atom is 0.0698 e. The second-order valence-corrected chi connectivity index (χ2v) is 7.58. The highest BCUT2D eigenvalue weighted by Crippen LogP contribution is 2.43. The molecule has 0 spiro atoms. The van der Waals surface area contributed by atoms with Gasteiger partial charge in [-0.25, -0.2) is 0 Å². The van der Waals surface area contributed by atoms with E-state index in [0.717, 1.165) is 23.5 Å². The average molecular weight is 342 g/mol. The Hall–Kier alpha value is -0.350. The summed E-state index contributed by atoms with van der Waals surface area (Å²) in [4.78, 5) is 0. The standard InChI is InChI=1S/C16H28BrN3/c1-5-18-14(12-7-9-16(3,4)10-8-12)15-13(17)11-19-20(15)6-2/h11-12,14,18H,5-10H2,1-4H3. The van der Waals surface area contributed by atoms with E-state index in [2.05, 4.69) is 58.7 Å². The first-order chi connectivity index (χ1) is 9.48. The molecule has 1 N–H and O–H groups in total. The van der Waals surface area contributed by atoms with Crippen molar-refractivity contribution in [3.8, 4) is 0 Å². The van der Waals surface area contributed by atoms with Crippen LogP contribution in [0.2, 0.25) is 0 Å². The molecule has 4 heteroatoms. The Morgan fingerprint density at radius 2 is 2.05 bits per heavy atom. The van der Waals surface area contributed by atoms with Crippen molar-refractivity contribution in [2.24, 2.45) is 11.3 Å². The number of nitrogens with zero attached hydrogens (tertiary/aromatic N) is 2. The number of halogens is 1. The Kier molecular flexibility index (Phi) is 5.30. The number of rotatable bonds is 5. The molecule has 0 bridgehead atoms. The third-order valence-corrected chi connectivity index (χ3v) is 5.32. The third-order valence-electron chi connectivity index (χ3n) is 4.71. The van der Waals surface area contributed by atoms with Crippen LogP contribution in [0.25, 0.3) is 0 Å². The van der Waals surface area contributed by atoms with Crippen LogP contribution in [0, 0.1) is 11.3 Å². The minimum absolute atomic E-state index is 0.424. The fourth-order valence-electron chi connectivity index (χ4n) is 3.39. The fraction of sp³-hybridized carbons (Fsp3) is 0.812. The average Bonchev–Trinajstić information content (AvgIpc) is 2.77. The van der Waals surface area contributed by atoms with E-state index in [0.29, 0.717) is 11.5 Å². The summed E-state index contributed by atoms with van der Waals surface area (Å²) in [6, 6.07) is 0.424. The molecule has 1 saturated carbocycles. The van der Waals surface area contributed by atoms with Crippen molar-refractivity contribution in [2.75, 3.05) is 6.54 Å². The van der Waals surface area contributed by atoms with Crippen LogP contribution in [0.4, 0.5) is 0 Å². The summed E-state index contributed by atoms with van der Waals surface area (Å²) >= 11 is 3.69. The van der Waals surface area contributed by atoms with Gasteiger partial charge in [0.2, 0.25) is 0 Å². The van der Waals surface area contributed by atoms with Crippen LogP contribution >= 0.6 is 15.9 Å². The molecule has 0 radical (unpaired) electrons. The normalized spacial score (nSPS) is 21.1. The largest absolute Gasteiger partial charge is 0.309 e. The van der Waals surface area contributed by atoms with Gasteiger partial charge in [-0.15, -0.1) is 0 Å². The molecule has 0 aliphatic heterocycles. The molecule has 1 heterocycles. The lowest BCUT2D eigenvalue weighted by atomic mass is 9.70. The SMILES string of the molecule is CCNC(c1c(Br)cnn1CC)C1CCC(C)(C)CC1. The summed E-state index contributed by atoms with van der Waals surface area (Å²) in [6.07, 6.45) is 7.23. The van der Waals surface area contributed by atoms with Gasteiger partial charge in [-0.05, 0) is 66.4 Å². The lowest BCUT2D eigenvalue weighted by Crippen LogP contribution is -2.34. The van der Waals surface area contributed by atoms with E-state index in [9.17, 15) is 0 Å². The quantitative estimate of drug-likeness (QED) is 0.852. The molecule has 1 fully saturated rings. The first-order valence-electron chi connectivity index (χ1n) is 7.93. The van der Waals surface area contributed by atoms with E-state index in [-0.39, 0.29) is 0 Å². The van der Waals surface area contributed by atoms with Gasteiger partial charge in [0, 0.05) is 6.54 Å². The molecular formula is C16H28BrN3. The minimum Gasteiger partial charge on any atom is -0.309 e. The molecule has 3 nitrogen and oxygen atoms in total. The molecule has 0 amide bonds. The first-order valence-corrected chi connectivity index (χ1v) is 8.72. The van der Waals surface area contributed by atoms with Crippen LogP contribution in [0.3, 0.4) is 0 Å². The predicted octanol–water partition coefficient (Wildman–Crippen LogP) is 4.53. The monoisotopic (exact) mass is 341 g/mol. The van der Waals surface area contributed by atoms with Gasteiger partial charge >= 0.3 is 0 Å². The number of hydrogen-bond acceptors (Lipinski definition) is 2. The molecule has 1 aromatic heterocycles. The van der Waals surface area contributed by atoms with Gasteiger partial charge < -0.3 is 5.32 Å². The van der Waals surface area contributed by atoms with Gasteiger partial charge in [0.1, 0.15) is 0 Å². The summed E-state index contributed by atoms with van der Waals surface area (Å²) in [7, 11) is 0. The summed E-state index contributed by atoms with van der Waals surface area (Å²) < 4.78 is 3.28. The lowest BCUT2D eigenvalue weighted by Gasteiger charge is -2.38. The zero-order valence-electron chi connectivity index (χ0n) is 13.2. The molecule has 2 rings (SSSR count). The fourth-order valence-corrected chi connectivity index (χ4v) is 3.94. The molecule has 114 valence electrons. The van der Waals surface area contributed by atoms with Crippen LogP contribution in [-0.2, 0) is 6.54 Å². The van der Waals surface area contributed by atoms with E-state index in [1.54, 1.807) is 0 Å². The minimum atomic E-state index is 0.424. The zero-order chi connectivity index (χ0) is 14.8. The second kappa shape index (κ2) is 6.61. The van der Waals surface area contributed by atoms with Gasteiger partial charge in [0.25, 0.3) is 0 Å². The smallest absolute Gasteiger partial charge is 0.0698 e. The number of nitrogens with one attached hydrogen (secondary N) is 1. The van der Waals surface area contributed by atoms with E-state index >= 15 is 0 Å². The van der Waals surface area contributed by atoms with E-state index in [1.165, 1.54) is 31.4 Å². The Balaban J connectivity index is 2.21. The molecular weight excluding hydrogens is 314 g/mol. The molecule has 1 aliphatic carbocycles. The lowest BCUT2D eigenvalue weighted by molar-refractivity contribution is 0.158. The summed E-state index contributed by atoms with van der Waals surface area (Å²) in [5, 5.41) is 8.20. The predicted molar refractivity (Wildman–Crippen MR) is 87.8 cm³/mol. The molecule has 1 unspecified atom stereocenters. The Morgan fingerprint density at radius 1 is 1.40 bits per heavy atom. The van der Waals surface area contributed by atoms with Crippen molar-refractivity contribution in [3.63, 3.8) is 0 Å². The van der Waals surface area contributed by atoms with Gasteiger partial charge in [0.15, 0.2) is 0 Å². The van der Waals surface area contributed by atoms with Gasteiger partial charge in [-0.2, -0.15) is 5.10 Å². The summed E-state index contributed by atoms with van der Waals surface area (Å²) in [5.41, 5.74) is 1.86. The Labute approximate surface area is 131 Å². The van der Waals surface area contributed by atoms with E-state index in [4.69, 9.17) is 0 Å². The highest BCUT2D eigenvalue weighted by Gasteiger charge is 2.33. The maximum atomic E-state index is 4.49. The van der Waals surface area contributed by atoms with Crippen LogP contribution in [0.1, 0.15) is 65.1 Å². The van der Waals surface area contributed by atoms with Gasteiger partial charge in [0.05, 0.1) is 22.4 Å². The van der Waals surface area contributed by atoms with Crippen LogP contribution in [-0.4, -0.2) is 16.3 Å². The molecule has 1 aromatic rings. The van der Waals surface area contributed by atoms with Crippen molar-refractivity contribution in [3.05, 3.63) is 16.4 Å². The molecule has 0 saturated heterocycles. The van der Waals surface area contributed by atoms with Crippen molar-refractivity contribution >= 4 is 15.9 Å². The topological polar surface area (TPSA) is 29.9 Å². The first kappa shape index (κ1) is 16.0. The summed E-state index contributed by atoms with van der Waals surface area (Å²) in [5.74, 6) is 0.723. The van der Waals surface area contributed by atoms with Crippen molar-refractivity contribution in [2.45, 2.75) is 66.0 Å². The molecule has 1 atom stereocenters. The Bertz CT molecular complexity index is 429. The number of aryl methyl sites for hydroxylation is 1. The third kappa shape index (κ3) is 3.45. The van der Waals surface area contributed by atoms with Crippen molar-refractivity contribution in [1.29, 1.82) is 0 Å². The summed E-state index contributed by atoms with van der Waals surface area (Å²) in [6.45, 7) is 11.1. The van der Waals surface area contributed by atoms with Crippen molar-refractivity contribution < 1.29 is 0 Å². The highest BCUT2D eigenvalue weighted by atomic mass is 79.9. The molecule has 1 aliphatic rings. The second-order valence-electron chi connectivity index (χ2n) is 6.73. The molecule has 20 heavy (non-hydrogen) atoms. The highest BCUT2D eigenvalue weighted by molar-refractivity contribution is 9.10. The van der Waals surface area contributed by atoms with Gasteiger partial charge in [-0.1, -0.05) is 20.8 Å². The number of aromatic nitrogens is 2. The zero-order valence-corrected chi connectivity index (χ0v) is 14.8. The van der Waals surface area contributed by atoms with Crippen LogP contribution in [0.5, 0.6) is 0 Å². The van der Waals surface area contributed by atoms with E-state index in [1.807, 2.05) is 6.20 Å². The molecule has 0 aromatic carbocycles. The van der Waals surface area contributed by atoms with E-state index < -0.39 is 0 Å². The maximum absolute atomic E-state index is 4.49. The number of hydrogen-bond donors (Lipinski definition) is 1. The van der Waals surface area contributed by atoms with Crippen LogP contribution in [0.15, 0.2) is 10.7 Å². The van der Waals surface area contributed by atoms with Crippen molar-refractivity contribution in [1.82, 2.24) is 15.1 Å².